The predicted octanol–water partition coefficient (Wildman–Crippen LogP) is 9.79. The van der Waals surface area contributed by atoms with Gasteiger partial charge in [-0.15, -0.1) is 11.8 Å². The van der Waals surface area contributed by atoms with E-state index in [1.807, 2.05) is 18.2 Å². The van der Waals surface area contributed by atoms with Crippen molar-refractivity contribution in [3.63, 3.8) is 0 Å². The minimum atomic E-state index is -0.163. The monoisotopic (exact) mass is 566 g/mol. The summed E-state index contributed by atoms with van der Waals surface area (Å²) in [6.45, 7) is 3.81. The van der Waals surface area contributed by atoms with Gasteiger partial charge in [-0.2, -0.15) is 0 Å². The fourth-order valence-electron chi connectivity index (χ4n) is 4.95. The van der Waals surface area contributed by atoms with Crippen LogP contribution in [0.4, 0.5) is 5.69 Å². The Balaban J connectivity index is 1.27. The largest absolute Gasteiger partial charge is 0.493 e. The summed E-state index contributed by atoms with van der Waals surface area (Å²) in [5, 5.41) is 5.09. The smallest absolute Gasteiger partial charge is 0.255 e. The van der Waals surface area contributed by atoms with Crippen LogP contribution in [-0.2, 0) is 6.54 Å². The highest BCUT2D eigenvalue weighted by Crippen LogP contribution is 2.29. The molecule has 1 amide bonds. The average Bonchev–Trinajstić information content (AvgIpc) is 3.49. The van der Waals surface area contributed by atoms with Crippen LogP contribution in [0.15, 0.2) is 54.1 Å². The van der Waals surface area contributed by atoms with E-state index in [1.165, 1.54) is 89.0 Å². The normalized spacial score (nSPS) is 12.6. The van der Waals surface area contributed by atoms with E-state index in [1.54, 1.807) is 31.0 Å². The zero-order valence-electron chi connectivity index (χ0n) is 24.8. The summed E-state index contributed by atoms with van der Waals surface area (Å²) < 4.78 is 11.5. The molecule has 5 nitrogen and oxygen atoms in total. The molecule has 1 heterocycles. The lowest BCUT2D eigenvalue weighted by Crippen LogP contribution is -2.13. The van der Waals surface area contributed by atoms with Crippen molar-refractivity contribution in [3.8, 4) is 11.5 Å². The average molecular weight is 567 g/mol. The Morgan fingerprint density at radius 3 is 2.02 bits per heavy atom. The van der Waals surface area contributed by atoms with E-state index in [-0.39, 0.29) is 5.91 Å². The number of nitrogens with one attached hydrogen (secondary N) is 1. The highest BCUT2D eigenvalue weighted by Gasteiger charge is 2.12. The number of benzene rings is 2. The van der Waals surface area contributed by atoms with Crippen LogP contribution in [0.1, 0.15) is 113 Å². The molecule has 1 N–H and O–H groups in total. The van der Waals surface area contributed by atoms with E-state index in [0.717, 1.165) is 24.5 Å². The lowest BCUT2D eigenvalue weighted by Gasteiger charge is -2.15. The molecule has 6 heteroatoms. The second kappa shape index (κ2) is 19.5. The van der Waals surface area contributed by atoms with Gasteiger partial charge in [-0.05, 0) is 47.7 Å². The summed E-state index contributed by atoms with van der Waals surface area (Å²) >= 11 is 1.80. The molecule has 0 saturated heterocycles. The van der Waals surface area contributed by atoms with Gasteiger partial charge in [0.05, 0.1) is 19.6 Å². The first-order valence-electron chi connectivity index (χ1n) is 15.4. The fourth-order valence-corrected chi connectivity index (χ4v) is 5.66. The van der Waals surface area contributed by atoms with Crippen molar-refractivity contribution in [2.75, 3.05) is 24.9 Å². The molecule has 0 saturated carbocycles. The number of unbranched alkanes of at least 4 members (excludes halogenated alkanes) is 13. The molecule has 3 rings (SSSR count). The zero-order valence-corrected chi connectivity index (χ0v) is 25.6. The second-order valence-corrected chi connectivity index (χ2v) is 11.7. The molecule has 0 aromatic heterocycles. The minimum Gasteiger partial charge on any atom is -0.493 e. The lowest BCUT2D eigenvalue weighted by atomic mass is 10.0. The summed E-state index contributed by atoms with van der Waals surface area (Å²) in [5.74, 6) is 2.10. The first-order valence-corrected chi connectivity index (χ1v) is 16.5. The number of hydrogen-bond donors (Lipinski definition) is 1. The zero-order chi connectivity index (χ0) is 28.3. The lowest BCUT2D eigenvalue weighted by molar-refractivity contribution is 0.102. The predicted molar refractivity (Wildman–Crippen MR) is 170 cm³/mol. The third-order valence-corrected chi connectivity index (χ3v) is 8.18. The van der Waals surface area contributed by atoms with Gasteiger partial charge in [-0.1, -0.05) is 103 Å². The minimum absolute atomic E-state index is 0.163. The van der Waals surface area contributed by atoms with Crippen LogP contribution >= 0.6 is 11.8 Å². The van der Waals surface area contributed by atoms with Gasteiger partial charge >= 0.3 is 0 Å². The highest BCUT2D eigenvalue weighted by molar-refractivity contribution is 8.02. The van der Waals surface area contributed by atoms with Crippen LogP contribution in [0.5, 0.6) is 11.5 Å². The number of carbonyl (C=O) groups is 1. The first-order chi connectivity index (χ1) is 19.7. The van der Waals surface area contributed by atoms with E-state index in [9.17, 15) is 4.79 Å². The maximum absolute atomic E-state index is 12.8. The van der Waals surface area contributed by atoms with E-state index in [2.05, 4.69) is 40.9 Å². The van der Waals surface area contributed by atoms with Gasteiger partial charge in [-0.3, -0.25) is 4.79 Å². The van der Waals surface area contributed by atoms with E-state index < -0.39 is 0 Å². The Bertz CT molecular complexity index is 1010. The number of carbonyl (C=O) groups excluding carboxylic acids is 1. The van der Waals surface area contributed by atoms with Gasteiger partial charge in [0.15, 0.2) is 11.5 Å². The molecule has 0 atom stereocenters. The molecule has 0 bridgehead atoms. The molecule has 0 unspecified atom stereocenters. The van der Waals surface area contributed by atoms with Crippen molar-refractivity contribution in [3.05, 3.63) is 65.2 Å². The van der Waals surface area contributed by atoms with Gasteiger partial charge in [0.1, 0.15) is 0 Å². The van der Waals surface area contributed by atoms with Crippen LogP contribution in [0.25, 0.3) is 0 Å². The van der Waals surface area contributed by atoms with Gasteiger partial charge in [0, 0.05) is 24.0 Å². The van der Waals surface area contributed by atoms with Gasteiger partial charge in [-0.25, -0.2) is 0 Å². The second-order valence-electron chi connectivity index (χ2n) is 10.8. The quantitative estimate of drug-likeness (QED) is 0.152. The maximum atomic E-state index is 12.8. The number of ether oxygens (including phenoxy) is 2. The molecule has 1 aliphatic rings. The SMILES string of the molecule is CCCCCCCCCCCCCCCCOc1ccc(C(=O)Nc2ccc(CN3C=CSC3)cc2)cc1OC. The Morgan fingerprint density at radius 2 is 1.45 bits per heavy atom. The van der Waals surface area contributed by atoms with Crippen molar-refractivity contribution in [1.29, 1.82) is 0 Å². The van der Waals surface area contributed by atoms with Crippen LogP contribution in [-0.4, -0.2) is 30.4 Å². The van der Waals surface area contributed by atoms with E-state index >= 15 is 0 Å². The molecule has 2 aromatic rings. The molecule has 0 radical (unpaired) electrons. The molecule has 0 aliphatic carbocycles. The van der Waals surface area contributed by atoms with Crippen LogP contribution < -0.4 is 14.8 Å². The van der Waals surface area contributed by atoms with Crippen molar-refractivity contribution < 1.29 is 14.3 Å². The van der Waals surface area contributed by atoms with Crippen LogP contribution in [0, 0.1) is 0 Å². The Morgan fingerprint density at radius 1 is 0.825 bits per heavy atom. The summed E-state index contributed by atoms with van der Waals surface area (Å²) in [4.78, 5) is 15.1. The number of methoxy groups -OCH3 is 1. The summed E-state index contributed by atoms with van der Waals surface area (Å²) in [7, 11) is 1.61. The van der Waals surface area contributed by atoms with Gasteiger partial charge in [0.25, 0.3) is 5.91 Å². The number of amides is 1. The third-order valence-electron chi connectivity index (χ3n) is 7.39. The molecule has 0 fully saturated rings. The molecular formula is C34H50N2O3S. The van der Waals surface area contributed by atoms with Gasteiger partial charge in [0.2, 0.25) is 0 Å². The van der Waals surface area contributed by atoms with E-state index in [0.29, 0.717) is 23.7 Å². The molecule has 40 heavy (non-hydrogen) atoms. The Kier molecular flexibility index (Phi) is 15.5. The fraction of sp³-hybridized carbons (Fsp3) is 0.559. The molecule has 220 valence electrons. The van der Waals surface area contributed by atoms with Gasteiger partial charge < -0.3 is 19.7 Å². The molecular weight excluding hydrogens is 516 g/mol. The molecule has 1 aliphatic heterocycles. The van der Waals surface area contributed by atoms with Crippen molar-refractivity contribution in [2.45, 2.75) is 103 Å². The molecule has 0 spiro atoms. The maximum Gasteiger partial charge on any atom is 0.255 e. The number of anilines is 1. The van der Waals surface area contributed by atoms with E-state index in [4.69, 9.17) is 9.47 Å². The summed E-state index contributed by atoms with van der Waals surface area (Å²) in [5.41, 5.74) is 2.54. The number of nitrogens with zero attached hydrogens (tertiary/aromatic N) is 1. The van der Waals surface area contributed by atoms with Crippen LogP contribution in [0.3, 0.4) is 0 Å². The topological polar surface area (TPSA) is 50.8 Å². The Labute approximate surface area is 247 Å². The third kappa shape index (κ3) is 12.3. The number of rotatable bonds is 21. The number of thioether (sulfide) groups is 1. The summed E-state index contributed by atoms with van der Waals surface area (Å²) in [6, 6.07) is 13.4. The summed E-state index contributed by atoms with van der Waals surface area (Å²) in [6.07, 6.45) is 20.9. The number of hydrogen-bond acceptors (Lipinski definition) is 5. The molecule has 2 aromatic carbocycles. The standard InChI is InChI=1S/C34H50N2O3S/c1-3-4-5-6-7-8-9-10-11-12-13-14-15-16-24-39-32-22-19-30(26-33(32)38-2)34(37)35-31-20-17-29(18-21-31)27-36-23-25-40-28-36/h17-23,25-26H,3-16,24,27-28H2,1-2H3,(H,35,37). The van der Waals surface area contributed by atoms with Crippen molar-refractivity contribution in [1.82, 2.24) is 4.90 Å². The highest BCUT2D eigenvalue weighted by atomic mass is 32.2. The van der Waals surface area contributed by atoms with Crippen molar-refractivity contribution >= 4 is 23.4 Å². The Hall–Kier alpha value is -2.60. The first kappa shape index (κ1) is 31.9. The van der Waals surface area contributed by atoms with Crippen molar-refractivity contribution in [2.24, 2.45) is 0 Å². The van der Waals surface area contributed by atoms with Crippen LogP contribution in [0.2, 0.25) is 0 Å².